The van der Waals surface area contributed by atoms with E-state index in [4.69, 9.17) is 5.73 Å². The van der Waals surface area contributed by atoms with Crippen LogP contribution >= 0.6 is 27.3 Å². The summed E-state index contributed by atoms with van der Waals surface area (Å²) in [4.78, 5) is 0. The van der Waals surface area contributed by atoms with Crippen LogP contribution in [0.15, 0.2) is 22.7 Å². The topological polar surface area (TPSA) is 51.8 Å². The molecule has 0 spiro atoms. The van der Waals surface area contributed by atoms with Gasteiger partial charge in [0.15, 0.2) is 0 Å². The molecule has 0 radical (unpaired) electrons. The van der Waals surface area contributed by atoms with E-state index in [1.807, 2.05) is 0 Å². The van der Waals surface area contributed by atoms with E-state index in [0.717, 1.165) is 17.4 Å². The standard InChI is InChI=1S/C9H5BrF3N3S/c10-4-1-2-5(6(3-4)9(11,12)13)7-15-16-8(14)17-7/h1-3H,(H2,14,16). The van der Waals surface area contributed by atoms with Crippen molar-refractivity contribution >= 4 is 32.4 Å². The number of hydrogen-bond acceptors (Lipinski definition) is 4. The first kappa shape index (κ1) is 12.3. The Morgan fingerprint density at radius 1 is 1.24 bits per heavy atom. The van der Waals surface area contributed by atoms with Crippen LogP contribution in [-0.2, 0) is 6.18 Å². The third-order valence-corrected chi connectivity index (χ3v) is 3.24. The van der Waals surface area contributed by atoms with Crippen LogP contribution in [0.5, 0.6) is 0 Å². The van der Waals surface area contributed by atoms with E-state index in [1.54, 1.807) is 0 Å². The highest BCUT2D eigenvalue weighted by molar-refractivity contribution is 9.10. The van der Waals surface area contributed by atoms with Crippen LogP contribution in [0.4, 0.5) is 18.3 Å². The smallest absolute Gasteiger partial charge is 0.374 e. The van der Waals surface area contributed by atoms with Crippen LogP contribution in [-0.4, -0.2) is 10.2 Å². The molecule has 2 rings (SSSR count). The molecule has 0 unspecified atom stereocenters. The van der Waals surface area contributed by atoms with E-state index in [9.17, 15) is 13.2 Å². The van der Waals surface area contributed by atoms with E-state index in [2.05, 4.69) is 26.1 Å². The van der Waals surface area contributed by atoms with Crippen molar-refractivity contribution in [1.82, 2.24) is 10.2 Å². The minimum atomic E-state index is -4.44. The first-order chi connectivity index (χ1) is 7.88. The van der Waals surface area contributed by atoms with Gasteiger partial charge in [0, 0.05) is 10.0 Å². The molecule has 0 saturated heterocycles. The van der Waals surface area contributed by atoms with Gasteiger partial charge in [-0.15, -0.1) is 10.2 Å². The van der Waals surface area contributed by atoms with Gasteiger partial charge in [0.05, 0.1) is 5.56 Å². The Balaban J connectivity index is 2.61. The van der Waals surface area contributed by atoms with Crippen molar-refractivity contribution in [3.63, 3.8) is 0 Å². The molecule has 1 aromatic heterocycles. The third kappa shape index (κ3) is 2.58. The Morgan fingerprint density at radius 2 is 1.94 bits per heavy atom. The lowest BCUT2D eigenvalue weighted by Gasteiger charge is -2.11. The highest BCUT2D eigenvalue weighted by Crippen LogP contribution is 2.39. The summed E-state index contributed by atoms with van der Waals surface area (Å²) in [6, 6.07) is 3.86. The zero-order chi connectivity index (χ0) is 12.6. The fourth-order valence-corrected chi connectivity index (χ4v) is 2.29. The number of aromatic nitrogens is 2. The largest absolute Gasteiger partial charge is 0.417 e. The maximum absolute atomic E-state index is 12.8. The van der Waals surface area contributed by atoms with Crippen LogP contribution in [0.1, 0.15) is 5.56 Å². The second-order valence-electron chi connectivity index (χ2n) is 3.13. The van der Waals surface area contributed by atoms with E-state index >= 15 is 0 Å². The maximum atomic E-state index is 12.8. The number of rotatable bonds is 1. The lowest BCUT2D eigenvalue weighted by atomic mass is 10.1. The Labute approximate surface area is 107 Å². The summed E-state index contributed by atoms with van der Waals surface area (Å²) in [6.45, 7) is 0. The van der Waals surface area contributed by atoms with Crippen molar-refractivity contribution in [3.05, 3.63) is 28.2 Å². The Bertz CT molecular complexity index is 553. The molecular weight excluding hydrogens is 319 g/mol. The van der Waals surface area contributed by atoms with Crippen molar-refractivity contribution in [1.29, 1.82) is 0 Å². The van der Waals surface area contributed by atoms with Crippen LogP contribution in [0, 0.1) is 0 Å². The van der Waals surface area contributed by atoms with Gasteiger partial charge in [-0.2, -0.15) is 13.2 Å². The predicted octanol–water partition coefficient (Wildman–Crippen LogP) is 3.57. The van der Waals surface area contributed by atoms with Crippen molar-refractivity contribution in [2.24, 2.45) is 0 Å². The van der Waals surface area contributed by atoms with Gasteiger partial charge in [-0.25, -0.2) is 0 Å². The molecule has 0 aliphatic rings. The zero-order valence-electron chi connectivity index (χ0n) is 8.12. The minimum absolute atomic E-state index is 0.0186. The molecule has 2 aromatic rings. The Hall–Kier alpha value is -1.15. The highest BCUT2D eigenvalue weighted by atomic mass is 79.9. The SMILES string of the molecule is Nc1nnc(-c2ccc(Br)cc2C(F)(F)F)s1. The van der Waals surface area contributed by atoms with E-state index in [1.165, 1.54) is 12.1 Å². The summed E-state index contributed by atoms with van der Waals surface area (Å²) in [5.74, 6) is 0. The minimum Gasteiger partial charge on any atom is -0.374 e. The Morgan fingerprint density at radius 3 is 2.47 bits per heavy atom. The van der Waals surface area contributed by atoms with E-state index in [-0.39, 0.29) is 15.7 Å². The quantitative estimate of drug-likeness (QED) is 0.872. The molecule has 0 aliphatic carbocycles. The van der Waals surface area contributed by atoms with Gasteiger partial charge in [0.1, 0.15) is 5.01 Å². The van der Waals surface area contributed by atoms with E-state index in [0.29, 0.717) is 4.47 Å². The zero-order valence-corrected chi connectivity index (χ0v) is 10.5. The molecule has 0 amide bonds. The summed E-state index contributed by atoms with van der Waals surface area (Å²) in [5, 5.41) is 7.41. The molecule has 17 heavy (non-hydrogen) atoms. The van der Waals surface area contributed by atoms with Gasteiger partial charge in [0.25, 0.3) is 0 Å². The van der Waals surface area contributed by atoms with Gasteiger partial charge < -0.3 is 5.73 Å². The van der Waals surface area contributed by atoms with Crippen LogP contribution in [0.2, 0.25) is 0 Å². The molecule has 0 saturated carbocycles. The van der Waals surface area contributed by atoms with Gasteiger partial charge in [-0.05, 0) is 12.1 Å². The van der Waals surface area contributed by atoms with Gasteiger partial charge in [0.2, 0.25) is 5.13 Å². The molecule has 0 aliphatic heterocycles. The van der Waals surface area contributed by atoms with Crippen molar-refractivity contribution in [2.45, 2.75) is 6.18 Å². The summed E-state index contributed by atoms with van der Waals surface area (Å²) in [7, 11) is 0. The fraction of sp³-hybridized carbons (Fsp3) is 0.111. The fourth-order valence-electron chi connectivity index (χ4n) is 1.28. The molecular formula is C9H5BrF3N3S. The first-order valence-corrected chi connectivity index (χ1v) is 5.95. The van der Waals surface area contributed by atoms with Gasteiger partial charge in [-0.3, -0.25) is 0 Å². The second-order valence-corrected chi connectivity index (χ2v) is 5.06. The van der Waals surface area contributed by atoms with Gasteiger partial charge in [-0.1, -0.05) is 33.3 Å². The van der Waals surface area contributed by atoms with Crippen LogP contribution < -0.4 is 5.73 Å². The van der Waals surface area contributed by atoms with Gasteiger partial charge >= 0.3 is 6.18 Å². The number of anilines is 1. The highest BCUT2D eigenvalue weighted by Gasteiger charge is 2.34. The molecule has 90 valence electrons. The first-order valence-electron chi connectivity index (χ1n) is 4.34. The third-order valence-electron chi connectivity index (χ3n) is 1.96. The van der Waals surface area contributed by atoms with Crippen molar-refractivity contribution in [2.75, 3.05) is 5.73 Å². The lowest BCUT2D eigenvalue weighted by molar-refractivity contribution is -0.137. The number of benzene rings is 1. The number of hydrogen-bond donors (Lipinski definition) is 1. The molecule has 0 atom stereocenters. The molecule has 1 heterocycles. The lowest BCUT2D eigenvalue weighted by Crippen LogP contribution is -2.07. The summed E-state index contributed by atoms with van der Waals surface area (Å²) in [5.41, 5.74) is 4.58. The molecule has 0 bridgehead atoms. The summed E-state index contributed by atoms with van der Waals surface area (Å²) in [6.07, 6.45) is -4.44. The monoisotopic (exact) mass is 323 g/mol. The van der Waals surface area contributed by atoms with Crippen LogP contribution in [0.3, 0.4) is 0 Å². The van der Waals surface area contributed by atoms with Crippen molar-refractivity contribution < 1.29 is 13.2 Å². The summed E-state index contributed by atoms with van der Waals surface area (Å²) >= 11 is 3.93. The average molecular weight is 324 g/mol. The average Bonchev–Trinajstić information content (AvgIpc) is 2.63. The Kier molecular flexibility index (Phi) is 3.09. The van der Waals surface area contributed by atoms with E-state index < -0.39 is 11.7 Å². The number of halogens is 4. The maximum Gasteiger partial charge on any atom is 0.417 e. The van der Waals surface area contributed by atoms with Crippen LogP contribution in [0.25, 0.3) is 10.6 Å². The normalized spacial score (nSPS) is 11.8. The summed E-state index contributed by atoms with van der Waals surface area (Å²) < 4.78 is 38.8. The van der Waals surface area contributed by atoms with Crippen molar-refractivity contribution in [3.8, 4) is 10.6 Å². The number of nitrogen functional groups attached to an aromatic ring is 1. The molecule has 1 aromatic carbocycles. The molecule has 8 heteroatoms. The number of nitrogens with two attached hydrogens (primary N) is 1. The number of alkyl halides is 3. The predicted molar refractivity (Wildman–Crippen MR) is 62.5 cm³/mol. The second kappa shape index (κ2) is 4.26. The number of nitrogens with zero attached hydrogens (tertiary/aromatic N) is 2. The molecule has 2 N–H and O–H groups in total. The molecule has 0 fully saturated rings. The molecule has 3 nitrogen and oxygen atoms in total.